The normalized spacial score (nSPS) is 24.2. The molecule has 0 aromatic carbocycles. The molecule has 1 saturated heterocycles. The SMILES string of the molecule is CC(NC(=O)CC(C)C1CCCCC1)C(=O)N1CCS(=O)(=O)CC1. The molecule has 2 aliphatic rings. The number of sulfone groups is 1. The van der Waals surface area contributed by atoms with Gasteiger partial charge in [0.2, 0.25) is 11.8 Å². The highest BCUT2D eigenvalue weighted by Gasteiger charge is 2.29. The maximum absolute atomic E-state index is 12.3. The number of hydrogen-bond acceptors (Lipinski definition) is 4. The van der Waals surface area contributed by atoms with E-state index in [1.54, 1.807) is 6.92 Å². The summed E-state index contributed by atoms with van der Waals surface area (Å²) in [5, 5.41) is 2.79. The van der Waals surface area contributed by atoms with Gasteiger partial charge in [-0.2, -0.15) is 0 Å². The molecule has 1 heterocycles. The lowest BCUT2D eigenvalue weighted by Crippen LogP contribution is -2.51. The minimum atomic E-state index is -3.01. The predicted octanol–water partition coefficient (Wildman–Crippen LogP) is 1.35. The molecule has 2 rings (SSSR count). The highest BCUT2D eigenvalue weighted by atomic mass is 32.2. The Bertz CT molecular complexity index is 541. The molecule has 2 atom stereocenters. The molecule has 2 unspecified atom stereocenters. The van der Waals surface area contributed by atoms with Crippen molar-refractivity contribution in [2.45, 2.75) is 58.4 Å². The lowest BCUT2D eigenvalue weighted by atomic mass is 9.79. The Morgan fingerprint density at radius 3 is 2.25 bits per heavy atom. The largest absolute Gasteiger partial charge is 0.345 e. The van der Waals surface area contributed by atoms with E-state index < -0.39 is 15.9 Å². The summed E-state index contributed by atoms with van der Waals surface area (Å²) in [5.41, 5.74) is 0. The summed E-state index contributed by atoms with van der Waals surface area (Å²) in [4.78, 5) is 26.1. The molecule has 24 heavy (non-hydrogen) atoms. The van der Waals surface area contributed by atoms with Gasteiger partial charge in [0.25, 0.3) is 0 Å². The van der Waals surface area contributed by atoms with Gasteiger partial charge in [0, 0.05) is 19.5 Å². The van der Waals surface area contributed by atoms with Gasteiger partial charge in [0.15, 0.2) is 9.84 Å². The van der Waals surface area contributed by atoms with Gasteiger partial charge < -0.3 is 10.2 Å². The lowest BCUT2D eigenvalue weighted by Gasteiger charge is -2.30. The molecule has 0 bridgehead atoms. The number of amides is 2. The molecule has 1 aliphatic carbocycles. The van der Waals surface area contributed by atoms with E-state index in [1.807, 2.05) is 0 Å². The molecule has 1 N–H and O–H groups in total. The molecule has 7 heteroatoms. The second-order valence-electron chi connectivity index (χ2n) is 7.35. The molecule has 2 amide bonds. The van der Waals surface area contributed by atoms with E-state index in [0.29, 0.717) is 18.3 Å². The minimum absolute atomic E-state index is 0.0120. The first kappa shape index (κ1) is 19.2. The zero-order valence-electron chi connectivity index (χ0n) is 14.8. The average molecular weight is 359 g/mol. The molecular formula is C17H30N2O4S. The maximum Gasteiger partial charge on any atom is 0.244 e. The predicted molar refractivity (Wildman–Crippen MR) is 93.2 cm³/mol. The van der Waals surface area contributed by atoms with Crippen molar-refractivity contribution in [3.63, 3.8) is 0 Å². The lowest BCUT2D eigenvalue weighted by molar-refractivity contribution is -0.136. The van der Waals surface area contributed by atoms with Crippen LogP contribution in [0.2, 0.25) is 0 Å². The van der Waals surface area contributed by atoms with Crippen molar-refractivity contribution in [1.29, 1.82) is 0 Å². The fourth-order valence-corrected chi connectivity index (χ4v) is 4.93. The third kappa shape index (κ3) is 5.46. The molecule has 6 nitrogen and oxygen atoms in total. The Kier molecular flexibility index (Phi) is 6.66. The second kappa shape index (κ2) is 8.32. The Morgan fingerprint density at radius 2 is 1.67 bits per heavy atom. The summed E-state index contributed by atoms with van der Waals surface area (Å²) in [6.07, 6.45) is 6.66. The molecule has 0 radical (unpaired) electrons. The van der Waals surface area contributed by atoms with Gasteiger partial charge in [-0.05, 0) is 18.8 Å². The van der Waals surface area contributed by atoms with Gasteiger partial charge in [-0.3, -0.25) is 9.59 Å². The Hall–Kier alpha value is -1.11. The van der Waals surface area contributed by atoms with Crippen molar-refractivity contribution in [2.75, 3.05) is 24.6 Å². The second-order valence-corrected chi connectivity index (χ2v) is 9.65. The third-order valence-corrected chi connectivity index (χ3v) is 6.98. The van der Waals surface area contributed by atoms with Crippen molar-refractivity contribution < 1.29 is 18.0 Å². The molecule has 2 fully saturated rings. The van der Waals surface area contributed by atoms with Gasteiger partial charge in [0.05, 0.1) is 11.5 Å². The van der Waals surface area contributed by atoms with Gasteiger partial charge in [-0.15, -0.1) is 0 Å². The van der Waals surface area contributed by atoms with Crippen LogP contribution < -0.4 is 5.32 Å². The maximum atomic E-state index is 12.3. The number of nitrogens with zero attached hydrogens (tertiary/aromatic N) is 1. The Balaban J connectivity index is 1.77. The summed E-state index contributed by atoms with van der Waals surface area (Å²) in [7, 11) is -3.01. The van der Waals surface area contributed by atoms with Gasteiger partial charge in [0.1, 0.15) is 6.04 Å². The van der Waals surface area contributed by atoms with Crippen LogP contribution in [0.25, 0.3) is 0 Å². The summed E-state index contributed by atoms with van der Waals surface area (Å²) < 4.78 is 22.9. The fraction of sp³-hybridized carbons (Fsp3) is 0.882. The zero-order valence-corrected chi connectivity index (χ0v) is 15.6. The van der Waals surface area contributed by atoms with E-state index >= 15 is 0 Å². The molecule has 138 valence electrons. The van der Waals surface area contributed by atoms with Gasteiger partial charge >= 0.3 is 0 Å². The molecule has 1 aliphatic heterocycles. The first-order valence-corrected chi connectivity index (χ1v) is 10.9. The van der Waals surface area contributed by atoms with Crippen LogP contribution >= 0.6 is 0 Å². The number of hydrogen-bond donors (Lipinski definition) is 1. The molecular weight excluding hydrogens is 328 g/mol. The molecule has 0 spiro atoms. The standard InChI is InChI=1S/C17H30N2O4S/c1-13(15-6-4-3-5-7-15)12-16(20)18-14(2)17(21)19-8-10-24(22,23)11-9-19/h13-15H,3-12H2,1-2H3,(H,18,20). The van der Waals surface area contributed by atoms with Crippen LogP contribution in [0.1, 0.15) is 52.4 Å². The summed E-state index contributed by atoms with van der Waals surface area (Å²) in [6, 6.07) is -0.600. The number of rotatable bonds is 5. The van der Waals surface area contributed by atoms with Crippen LogP contribution in [0.15, 0.2) is 0 Å². The van der Waals surface area contributed by atoms with Crippen molar-refractivity contribution in [2.24, 2.45) is 11.8 Å². The number of carbonyl (C=O) groups is 2. The van der Waals surface area contributed by atoms with E-state index in [0.717, 1.165) is 0 Å². The Morgan fingerprint density at radius 1 is 1.08 bits per heavy atom. The van der Waals surface area contributed by atoms with Gasteiger partial charge in [-0.25, -0.2) is 8.42 Å². The topological polar surface area (TPSA) is 83.6 Å². The molecule has 0 aromatic rings. The smallest absolute Gasteiger partial charge is 0.244 e. The van der Waals surface area contributed by atoms with Crippen LogP contribution in [-0.2, 0) is 19.4 Å². The van der Waals surface area contributed by atoms with Crippen LogP contribution in [0.4, 0.5) is 0 Å². The van der Waals surface area contributed by atoms with E-state index in [2.05, 4.69) is 12.2 Å². The van der Waals surface area contributed by atoms with Crippen LogP contribution in [-0.4, -0.2) is 55.8 Å². The molecule has 0 aromatic heterocycles. The Labute approximate surface area is 145 Å². The summed E-state index contributed by atoms with van der Waals surface area (Å²) in [5.74, 6) is 0.702. The number of nitrogens with one attached hydrogen (secondary N) is 1. The number of carbonyl (C=O) groups excluding carboxylic acids is 2. The van der Waals surface area contributed by atoms with E-state index in [9.17, 15) is 18.0 Å². The van der Waals surface area contributed by atoms with Crippen LogP contribution in [0.3, 0.4) is 0 Å². The minimum Gasteiger partial charge on any atom is -0.345 e. The monoisotopic (exact) mass is 358 g/mol. The summed E-state index contributed by atoms with van der Waals surface area (Å²) >= 11 is 0. The third-order valence-electron chi connectivity index (χ3n) is 5.37. The quantitative estimate of drug-likeness (QED) is 0.804. The van der Waals surface area contributed by atoms with Crippen molar-refractivity contribution in [1.82, 2.24) is 10.2 Å². The summed E-state index contributed by atoms with van der Waals surface area (Å²) in [6.45, 7) is 4.24. The first-order chi connectivity index (χ1) is 11.3. The van der Waals surface area contributed by atoms with Crippen molar-refractivity contribution >= 4 is 21.7 Å². The van der Waals surface area contributed by atoms with E-state index in [-0.39, 0.29) is 36.4 Å². The van der Waals surface area contributed by atoms with E-state index in [4.69, 9.17) is 0 Å². The highest BCUT2D eigenvalue weighted by molar-refractivity contribution is 7.91. The van der Waals surface area contributed by atoms with Crippen LogP contribution in [0, 0.1) is 11.8 Å². The molecule has 1 saturated carbocycles. The highest BCUT2D eigenvalue weighted by Crippen LogP contribution is 2.31. The zero-order chi connectivity index (χ0) is 17.7. The van der Waals surface area contributed by atoms with Crippen molar-refractivity contribution in [3.8, 4) is 0 Å². The first-order valence-electron chi connectivity index (χ1n) is 9.07. The van der Waals surface area contributed by atoms with E-state index in [1.165, 1.54) is 37.0 Å². The van der Waals surface area contributed by atoms with Crippen LogP contribution in [0.5, 0.6) is 0 Å². The average Bonchev–Trinajstić information content (AvgIpc) is 2.54. The van der Waals surface area contributed by atoms with Gasteiger partial charge in [-0.1, -0.05) is 39.0 Å². The fourth-order valence-electron chi connectivity index (χ4n) is 3.73. The van der Waals surface area contributed by atoms with Crippen molar-refractivity contribution in [3.05, 3.63) is 0 Å².